The number of hydrogen-bond donors (Lipinski definition) is 1. The van der Waals surface area contributed by atoms with Gasteiger partial charge < -0.3 is 10.5 Å². The van der Waals surface area contributed by atoms with E-state index in [9.17, 15) is 0 Å². The highest BCUT2D eigenvalue weighted by Crippen LogP contribution is 2.25. The first kappa shape index (κ1) is 12.1. The van der Waals surface area contributed by atoms with Crippen LogP contribution in [0.3, 0.4) is 0 Å². The van der Waals surface area contributed by atoms with Crippen molar-refractivity contribution in [3.63, 3.8) is 0 Å². The van der Waals surface area contributed by atoms with Crippen LogP contribution in [0.1, 0.15) is 37.9 Å². The molecule has 2 heteroatoms. The summed E-state index contributed by atoms with van der Waals surface area (Å²) in [5, 5.41) is 0. The summed E-state index contributed by atoms with van der Waals surface area (Å²) in [5.41, 5.74) is 8.22. The predicted molar refractivity (Wildman–Crippen MR) is 64.1 cm³/mol. The molecule has 2 nitrogen and oxygen atoms in total. The zero-order chi connectivity index (χ0) is 11.4. The fraction of sp³-hybridized carbons (Fsp3) is 0.538. The first-order chi connectivity index (χ1) is 7.00. The average Bonchev–Trinajstić information content (AvgIpc) is 2.15. The molecule has 15 heavy (non-hydrogen) atoms. The van der Waals surface area contributed by atoms with E-state index in [0.29, 0.717) is 5.92 Å². The molecule has 1 aromatic carbocycles. The quantitative estimate of drug-likeness (QED) is 0.823. The second kappa shape index (κ2) is 5.17. The van der Waals surface area contributed by atoms with Gasteiger partial charge in [0, 0.05) is 11.6 Å². The summed E-state index contributed by atoms with van der Waals surface area (Å²) in [4.78, 5) is 0. The fourth-order valence-corrected chi connectivity index (χ4v) is 1.41. The molecule has 0 heterocycles. The van der Waals surface area contributed by atoms with Crippen LogP contribution in [0.25, 0.3) is 0 Å². The van der Waals surface area contributed by atoms with Gasteiger partial charge in [0.2, 0.25) is 0 Å². The van der Waals surface area contributed by atoms with Crippen molar-refractivity contribution in [3.8, 4) is 5.75 Å². The van der Waals surface area contributed by atoms with Crippen molar-refractivity contribution in [1.82, 2.24) is 0 Å². The van der Waals surface area contributed by atoms with Crippen LogP contribution in [-0.2, 0) is 0 Å². The monoisotopic (exact) mass is 207 g/mol. The van der Waals surface area contributed by atoms with E-state index < -0.39 is 0 Å². The molecule has 0 bridgehead atoms. The number of nitrogens with two attached hydrogens (primary N) is 1. The van der Waals surface area contributed by atoms with Crippen LogP contribution in [0.4, 0.5) is 0 Å². The largest absolute Gasteiger partial charge is 0.493 e. The van der Waals surface area contributed by atoms with Gasteiger partial charge in [-0.3, -0.25) is 0 Å². The van der Waals surface area contributed by atoms with Gasteiger partial charge in [-0.2, -0.15) is 0 Å². The number of hydrogen-bond acceptors (Lipinski definition) is 2. The van der Waals surface area contributed by atoms with Gasteiger partial charge in [-0.05, 0) is 25.8 Å². The maximum atomic E-state index is 5.91. The minimum absolute atomic E-state index is 0.0204. The molecule has 1 rings (SSSR count). The molecule has 0 fully saturated rings. The van der Waals surface area contributed by atoms with Crippen LogP contribution >= 0.6 is 0 Å². The maximum Gasteiger partial charge on any atom is 0.124 e. The summed E-state index contributed by atoms with van der Waals surface area (Å²) in [7, 11) is 0. The summed E-state index contributed by atoms with van der Waals surface area (Å²) >= 11 is 0. The normalized spacial score (nSPS) is 12.9. The lowest BCUT2D eigenvalue weighted by molar-refractivity contribution is 0.267. The second-order valence-corrected chi connectivity index (χ2v) is 4.53. The van der Waals surface area contributed by atoms with E-state index in [4.69, 9.17) is 10.5 Å². The van der Waals surface area contributed by atoms with Gasteiger partial charge in [-0.15, -0.1) is 0 Å². The van der Waals surface area contributed by atoms with Crippen molar-refractivity contribution >= 4 is 0 Å². The van der Waals surface area contributed by atoms with Crippen molar-refractivity contribution < 1.29 is 4.74 Å². The van der Waals surface area contributed by atoms with E-state index in [1.807, 2.05) is 13.0 Å². The maximum absolute atomic E-state index is 5.91. The van der Waals surface area contributed by atoms with Gasteiger partial charge in [-0.25, -0.2) is 0 Å². The molecule has 0 aromatic heterocycles. The summed E-state index contributed by atoms with van der Waals surface area (Å²) in [6.07, 6.45) is 0. The van der Waals surface area contributed by atoms with E-state index >= 15 is 0 Å². The summed E-state index contributed by atoms with van der Waals surface area (Å²) in [6, 6.07) is 6.19. The van der Waals surface area contributed by atoms with Crippen LogP contribution in [-0.4, -0.2) is 6.61 Å². The molecule has 2 N–H and O–H groups in total. The zero-order valence-corrected chi connectivity index (χ0v) is 10.1. The predicted octanol–water partition coefficient (Wildman–Crippen LogP) is 3.05. The van der Waals surface area contributed by atoms with E-state index in [2.05, 4.69) is 32.9 Å². The van der Waals surface area contributed by atoms with Crippen molar-refractivity contribution in [3.05, 3.63) is 29.3 Å². The Kier molecular flexibility index (Phi) is 4.15. The Morgan fingerprint density at radius 3 is 2.47 bits per heavy atom. The molecule has 0 aliphatic rings. The van der Waals surface area contributed by atoms with Gasteiger partial charge in [0.15, 0.2) is 0 Å². The number of ether oxygens (including phenoxy) is 1. The lowest BCUT2D eigenvalue weighted by atomic mass is 10.1. The van der Waals surface area contributed by atoms with Crippen molar-refractivity contribution in [2.45, 2.75) is 33.7 Å². The third-order valence-electron chi connectivity index (χ3n) is 2.23. The number of benzene rings is 1. The molecule has 0 aliphatic carbocycles. The minimum Gasteiger partial charge on any atom is -0.493 e. The van der Waals surface area contributed by atoms with E-state index in [1.165, 1.54) is 5.56 Å². The Morgan fingerprint density at radius 1 is 1.27 bits per heavy atom. The van der Waals surface area contributed by atoms with Crippen LogP contribution < -0.4 is 10.5 Å². The first-order valence-corrected chi connectivity index (χ1v) is 5.49. The topological polar surface area (TPSA) is 35.2 Å². The molecule has 0 saturated heterocycles. The standard InChI is InChI=1S/C13H21NO/c1-9(2)8-15-13-6-5-10(3)7-12(13)11(4)14/h5-7,9,11H,8,14H2,1-4H3/t11-/m1/s1. The molecule has 0 unspecified atom stereocenters. The van der Waals surface area contributed by atoms with Crippen LogP contribution in [0.5, 0.6) is 5.75 Å². The van der Waals surface area contributed by atoms with E-state index in [0.717, 1.165) is 17.9 Å². The lowest BCUT2D eigenvalue weighted by Crippen LogP contribution is -2.11. The third kappa shape index (κ3) is 3.56. The summed E-state index contributed by atoms with van der Waals surface area (Å²) in [5.74, 6) is 1.46. The fourth-order valence-electron chi connectivity index (χ4n) is 1.41. The Bertz CT molecular complexity index is 318. The highest BCUT2D eigenvalue weighted by Gasteiger charge is 2.08. The van der Waals surface area contributed by atoms with Crippen LogP contribution in [0.2, 0.25) is 0 Å². The SMILES string of the molecule is Cc1ccc(OCC(C)C)c([C@@H](C)N)c1. The van der Waals surface area contributed by atoms with Gasteiger partial charge in [0.1, 0.15) is 5.75 Å². The molecule has 1 aromatic rings. The summed E-state index contributed by atoms with van der Waals surface area (Å²) in [6.45, 7) is 9.07. The Hall–Kier alpha value is -1.02. The first-order valence-electron chi connectivity index (χ1n) is 5.49. The molecule has 1 atom stereocenters. The Morgan fingerprint density at radius 2 is 1.93 bits per heavy atom. The molecule has 84 valence electrons. The lowest BCUT2D eigenvalue weighted by Gasteiger charge is -2.16. The molecule has 0 aliphatic heterocycles. The Balaban J connectivity index is 2.86. The third-order valence-corrected chi connectivity index (χ3v) is 2.23. The molecule has 0 saturated carbocycles. The highest BCUT2D eigenvalue weighted by molar-refractivity contribution is 5.38. The number of aryl methyl sites for hydroxylation is 1. The van der Waals surface area contributed by atoms with E-state index in [-0.39, 0.29) is 6.04 Å². The minimum atomic E-state index is 0.0204. The average molecular weight is 207 g/mol. The smallest absolute Gasteiger partial charge is 0.124 e. The van der Waals surface area contributed by atoms with Crippen molar-refractivity contribution in [2.24, 2.45) is 11.7 Å². The van der Waals surface area contributed by atoms with Crippen molar-refractivity contribution in [2.75, 3.05) is 6.61 Å². The van der Waals surface area contributed by atoms with E-state index in [1.54, 1.807) is 0 Å². The van der Waals surface area contributed by atoms with Crippen LogP contribution in [0, 0.1) is 12.8 Å². The molecule has 0 spiro atoms. The van der Waals surface area contributed by atoms with Crippen LogP contribution in [0.15, 0.2) is 18.2 Å². The van der Waals surface area contributed by atoms with Crippen molar-refractivity contribution in [1.29, 1.82) is 0 Å². The molecular formula is C13H21NO. The van der Waals surface area contributed by atoms with Gasteiger partial charge >= 0.3 is 0 Å². The zero-order valence-electron chi connectivity index (χ0n) is 10.1. The highest BCUT2D eigenvalue weighted by atomic mass is 16.5. The number of rotatable bonds is 4. The van der Waals surface area contributed by atoms with Gasteiger partial charge in [0.05, 0.1) is 6.61 Å². The molecular weight excluding hydrogens is 186 g/mol. The summed E-state index contributed by atoms with van der Waals surface area (Å²) < 4.78 is 5.73. The Labute approximate surface area is 92.4 Å². The molecule has 0 amide bonds. The second-order valence-electron chi connectivity index (χ2n) is 4.53. The van der Waals surface area contributed by atoms with Gasteiger partial charge in [-0.1, -0.05) is 31.5 Å². The van der Waals surface area contributed by atoms with Gasteiger partial charge in [0.25, 0.3) is 0 Å². The molecule has 0 radical (unpaired) electrons.